The van der Waals surface area contributed by atoms with E-state index in [4.69, 9.17) is 10.7 Å². The van der Waals surface area contributed by atoms with Crippen LogP contribution in [0, 0.1) is 5.92 Å². The summed E-state index contributed by atoms with van der Waals surface area (Å²) in [6.07, 6.45) is 10.7. The second-order valence-corrected chi connectivity index (χ2v) is 7.44. The Labute approximate surface area is 120 Å². The van der Waals surface area contributed by atoms with Crippen molar-refractivity contribution in [3.8, 4) is 0 Å². The Bertz CT molecular complexity index is 426. The first-order valence-corrected chi connectivity index (χ1v) is 8.83. The Kier molecular flexibility index (Phi) is 4.23. The molecule has 1 heterocycles. The molecular formula is C16H26N2S. The van der Waals surface area contributed by atoms with Gasteiger partial charge in [-0.05, 0) is 38.0 Å². The maximum absolute atomic E-state index is 5.91. The Morgan fingerprint density at radius 1 is 1.26 bits per heavy atom. The van der Waals surface area contributed by atoms with E-state index in [1.165, 1.54) is 62.1 Å². The number of rotatable bonds is 3. The predicted molar refractivity (Wildman–Crippen MR) is 81.8 cm³/mol. The Morgan fingerprint density at radius 2 is 2.16 bits per heavy atom. The quantitative estimate of drug-likeness (QED) is 0.899. The van der Waals surface area contributed by atoms with Gasteiger partial charge in [0.2, 0.25) is 0 Å². The van der Waals surface area contributed by atoms with Crippen LogP contribution in [-0.2, 0) is 6.42 Å². The molecule has 19 heavy (non-hydrogen) atoms. The van der Waals surface area contributed by atoms with Gasteiger partial charge in [0, 0.05) is 23.3 Å². The summed E-state index contributed by atoms with van der Waals surface area (Å²) in [7, 11) is 0. The van der Waals surface area contributed by atoms with E-state index in [0.29, 0.717) is 5.92 Å². The minimum atomic E-state index is 0.541. The van der Waals surface area contributed by atoms with Crippen LogP contribution in [0.4, 0.5) is 0 Å². The number of hydrogen-bond donors (Lipinski definition) is 1. The fraction of sp³-hybridized carbons (Fsp3) is 0.812. The number of nitrogens with zero attached hydrogens (tertiary/aromatic N) is 1. The number of fused-ring (bicyclic) bond motifs is 1. The Balaban J connectivity index is 1.80. The predicted octanol–water partition coefficient (Wildman–Crippen LogP) is 4.21. The molecule has 1 aromatic heterocycles. The summed E-state index contributed by atoms with van der Waals surface area (Å²) in [6.45, 7) is 3.11. The molecule has 0 aromatic carbocycles. The highest BCUT2D eigenvalue weighted by Gasteiger charge is 2.29. The maximum Gasteiger partial charge on any atom is 0.0962 e. The molecule has 2 aliphatic rings. The average Bonchev–Trinajstić information content (AvgIpc) is 2.91. The Hall–Kier alpha value is -0.410. The van der Waals surface area contributed by atoms with Gasteiger partial charge in [0.1, 0.15) is 0 Å². The van der Waals surface area contributed by atoms with Crippen molar-refractivity contribution in [3.63, 3.8) is 0 Å². The molecule has 2 N–H and O–H groups in total. The van der Waals surface area contributed by atoms with Crippen molar-refractivity contribution in [1.82, 2.24) is 4.98 Å². The lowest BCUT2D eigenvalue weighted by atomic mass is 9.80. The molecule has 0 spiro atoms. The number of nitrogens with two attached hydrogens (primary N) is 1. The lowest BCUT2D eigenvalue weighted by Crippen LogP contribution is -2.18. The molecule has 0 aliphatic heterocycles. The van der Waals surface area contributed by atoms with Crippen LogP contribution in [0.15, 0.2) is 0 Å². The summed E-state index contributed by atoms with van der Waals surface area (Å²) in [4.78, 5) is 6.59. The first kappa shape index (κ1) is 13.6. The van der Waals surface area contributed by atoms with E-state index in [2.05, 4.69) is 6.92 Å². The molecule has 1 fully saturated rings. The van der Waals surface area contributed by atoms with Crippen LogP contribution < -0.4 is 5.73 Å². The zero-order chi connectivity index (χ0) is 13.2. The third kappa shape index (κ3) is 2.73. The van der Waals surface area contributed by atoms with Crippen molar-refractivity contribution in [2.45, 2.75) is 70.1 Å². The van der Waals surface area contributed by atoms with Crippen LogP contribution in [-0.4, -0.2) is 11.5 Å². The van der Waals surface area contributed by atoms with Gasteiger partial charge >= 0.3 is 0 Å². The van der Waals surface area contributed by atoms with Crippen molar-refractivity contribution in [1.29, 1.82) is 0 Å². The van der Waals surface area contributed by atoms with E-state index >= 15 is 0 Å². The van der Waals surface area contributed by atoms with Crippen molar-refractivity contribution in [2.24, 2.45) is 11.7 Å². The fourth-order valence-corrected chi connectivity index (χ4v) is 5.16. The number of thiazole rings is 1. The van der Waals surface area contributed by atoms with Gasteiger partial charge in [-0.1, -0.05) is 26.2 Å². The summed E-state index contributed by atoms with van der Waals surface area (Å²) in [5, 5.41) is 1.43. The second-order valence-electron chi connectivity index (χ2n) is 6.32. The topological polar surface area (TPSA) is 38.9 Å². The number of aromatic nitrogens is 1. The van der Waals surface area contributed by atoms with Crippen LogP contribution in [0.5, 0.6) is 0 Å². The summed E-state index contributed by atoms with van der Waals surface area (Å²) < 4.78 is 0. The molecule has 3 atom stereocenters. The van der Waals surface area contributed by atoms with Crippen LogP contribution in [0.25, 0.3) is 0 Å². The summed E-state index contributed by atoms with van der Waals surface area (Å²) in [5.41, 5.74) is 7.28. The third-order valence-corrected chi connectivity index (χ3v) is 6.37. The fourth-order valence-electron chi connectivity index (χ4n) is 3.82. The number of aryl methyl sites for hydroxylation is 1. The molecule has 0 amide bonds. The highest BCUT2D eigenvalue weighted by atomic mass is 32.1. The highest BCUT2D eigenvalue weighted by molar-refractivity contribution is 7.11. The van der Waals surface area contributed by atoms with Crippen molar-refractivity contribution in [2.75, 3.05) is 6.54 Å². The third-order valence-electron chi connectivity index (χ3n) is 5.08. The minimum absolute atomic E-state index is 0.541. The molecule has 2 nitrogen and oxygen atoms in total. The SMILES string of the molecule is CCC1CCCC(c2nc3c(s2)CCCC3CN)C1. The Morgan fingerprint density at radius 3 is 2.95 bits per heavy atom. The molecule has 3 unspecified atom stereocenters. The first-order chi connectivity index (χ1) is 9.31. The highest BCUT2D eigenvalue weighted by Crippen LogP contribution is 2.42. The summed E-state index contributed by atoms with van der Waals surface area (Å²) in [6, 6.07) is 0. The minimum Gasteiger partial charge on any atom is -0.330 e. The van der Waals surface area contributed by atoms with Gasteiger partial charge in [0.05, 0.1) is 10.7 Å². The standard InChI is InChI=1S/C16H26N2S/c1-2-11-5-3-6-12(9-11)16-18-15-13(10-17)7-4-8-14(15)19-16/h11-13H,2-10,17H2,1H3. The van der Waals surface area contributed by atoms with Gasteiger partial charge in [-0.2, -0.15) is 0 Å². The number of hydrogen-bond acceptors (Lipinski definition) is 3. The van der Waals surface area contributed by atoms with Crippen molar-refractivity contribution >= 4 is 11.3 Å². The largest absolute Gasteiger partial charge is 0.330 e. The van der Waals surface area contributed by atoms with E-state index in [1.807, 2.05) is 11.3 Å². The molecule has 1 saturated carbocycles. The van der Waals surface area contributed by atoms with Gasteiger partial charge in [-0.25, -0.2) is 4.98 Å². The lowest BCUT2D eigenvalue weighted by molar-refractivity contribution is 0.313. The van der Waals surface area contributed by atoms with Gasteiger partial charge in [-0.15, -0.1) is 11.3 Å². The zero-order valence-corrected chi connectivity index (χ0v) is 12.8. The van der Waals surface area contributed by atoms with E-state index in [1.54, 1.807) is 4.88 Å². The van der Waals surface area contributed by atoms with E-state index < -0.39 is 0 Å². The molecule has 106 valence electrons. The molecule has 2 aliphatic carbocycles. The van der Waals surface area contributed by atoms with Gasteiger partial charge in [0.25, 0.3) is 0 Å². The molecule has 3 rings (SSSR count). The summed E-state index contributed by atoms with van der Waals surface area (Å²) >= 11 is 2.01. The monoisotopic (exact) mass is 278 g/mol. The van der Waals surface area contributed by atoms with Crippen LogP contribution >= 0.6 is 11.3 Å². The molecule has 0 radical (unpaired) electrons. The van der Waals surface area contributed by atoms with Gasteiger partial charge in [-0.3, -0.25) is 0 Å². The lowest BCUT2D eigenvalue weighted by Gasteiger charge is -2.27. The van der Waals surface area contributed by atoms with E-state index in [-0.39, 0.29) is 0 Å². The van der Waals surface area contributed by atoms with Crippen LogP contribution in [0.1, 0.15) is 79.3 Å². The van der Waals surface area contributed by atoms with Gasteiger partial charge in [0.15, 0.2) is 0 Å². The van der Waals surface area contributed by atoms with E-state index in [0.717, 1.165) is 18.4 Å². The molecule has 0 saturated heterocycles. The molecular weight excluding hydrogens is 252 g/mol. The van der Waals surface area contributed by atoms with Crippen molar-refractivity contribution in [3.05, 3.63) is 15.6 Å². The zero-order valence-electron chi connectivity index (χ0n) is 12.0. The van der Waals surface area contributed by atoms with Crippen LogP contribution in [0.3, 0.4) is 0 Å². The molecule has 0 bridgehead atoms. The maximum atomic E-state index is 5.91. The summed E-state index contributed by atoms with van der Waals surface area (Å²) in [5.74, 6) is 2.22. The van der Waals surface area contributed by atoms with Crippen LogP contribution in [0.2, 0.25) is 0 Å². The first-order valence-electron chi connectivity index (χ1n) is 8.01. The van der Waals surface area contributed by atoms with Gasteiger partial charge < -0.3 is 5.73 Å². The van der Waals surface area contributed by atoms with Crippen molar-refractivity contribution < 1.29 is 0 Å². The van der Waals surface area contributed by atoms with E-state index in [9.17, 15) is 0 Å². The smallest absolute Gasteiger partial charge is 0.0962 e. The second kappa shape index (κ2) is 5.92. The normalized spacial score (nSPS) is 31.2. The molecule has 3 heteroatoms. The average molecular weight is 278 g/mol. The molecule has 1 aromatic rings.